The SMILES string of the molecule is Cc1cc(C)cc(Oc2ncnc(N3CCN(c4ccc(F)cc4)CC3)c2[N+](=O)[O-])c1. The van der Waals surface area contributed by atoms with E-state index in [1.165, 1.54) is 18.5 Å². The minimum Gasteiger partial charge on any atom is -0.434 e. The minimum atomic E-state index is -0.500. The van der Waals surface area contributed by atoms with Crippen molar-refractivity contribution in [3.05, 3.63) is 75.9 Å². The molecule has 2 heterocycles. The Hall–Kier alpha value is -3.75. The molecule has 31 heavy (non-hydrogen) atoms. The lowest BCUT2D eigenvalue weighted by molar-refractivity contribution is -0.385. The molecule has 1 aliphatic rings. The molecule has 1 aliphatic heterocycles. The quantitative estimate of drug-likeness (QED) is 0.448. The fourth-order valence-electron chi connectivity index (χ4n) is 3.75. The smallest absolute Gasteiger partial charge is 0.373 e. The number of piperazine rings is 1. The van der Waals surface area contributed by atoms with Gasteiger partial charge in [0.2, 0.25) is 5.82 Å². The van der Waals surface area contributed by atoms with Gasteiger partial charge in [0, 0.05) is 31.9 Å². The molecule has 0 amide bonds. The Bertz CT molecular complexity index is 1080. The zero-order valence-corrected chi connectivity index (χ0v) is 17.3. The minimum absolute atomic E-state index is 0.0824. The van der Waals surface area contributed by atoms with Crippen LogP contribution in [0.3, 0.4) is 0 Å². The number of nitrogens with zero attached hydrogens (tertiary/aromatic N) is 5. The highest BCUT2D eigenvalue weighted by atomic mass is 19.1. The Kier molecular flexibility index (Phi) is 5.66. The summed E-state index contributed by atoms with van der Waals surface area (Å²) in [4.78, 5) is 23.6. The van der Waals surface area contributed by atoms with Crippen molar-refractivity contribution < 1.29 is 14.1 Å². The zero-order valence-electron chi connectivity index (χ0n) is 17.3. The fraction of sp³-hybridized carbons (Fsp3) is 0.273. The van der Waals surface area contributed by atoms with Gasteiger partial charge in [0.1, 0.15) is 17.9 Å². The second kappa shape index (κ2) is 8.55. The molecule has 0 atom stereocenters. The van der Waals surface area contributed by atoms with E-state index in [-0.39, 0.29) is 23.2 Å². The molecule has 8 nitrogen and oxygen atoms in total. The van der Waals surface area contributed by atoms with E-state index in [1.807, 2.05) is 24.8 Å². The zero-order chi connectivity index (χ0) is 22.0. The normalized spacial score (nSPS) is 13.9. The standard InChI is InChI=1S/C22H22FN5O3/c1-15-11-16(2)13-19(12-15)31-22-20(28(29)30)21(24-14-25-22)27-9-7-26(8-10-27)18-5-3-17(23)4-6-18/h3-6,11-14H,7-10H2,1-2H3. The molecule has 0 spiro atoms. The molecule has 4 rings (SSSR count). The van der Waals surface area contributed by atoms with Crippen molar-refractivity contribution >= 4 is 17.2 Å². The van der Waals surface area contributed by atoms with Gasteiger partial charge < -0.3 is 14.5 Å². The van der Waals surface area contributed by atoms with Crippen molar-refractivity contribution in [1.29, 1.82) is 0 Å². The Morgan fingerprint density at radius 1 is 0.968 bits per heavy atom. The van der Waals surface area contributed by atoms with E-state index in [1.54, 1.807) is 24.3 Å². The van der Waals surface area contributed by atoms with Gasteiger partial charge in [0.25, 0.3) is 0 Å². The van der Waals surface area contributed by atoms with E-state index in [0.717, 1.165) is 16.8 Å². The van der Waals surface area contributed by atoms with Crippen molar-refractivity contribution in [1.82, 2.24) is 9.97 Å². The summed E-state index contributed by atoms with van der Waals surface area (Å²) in [5.41, 5.74) is 2.64. The Balaban J connectivity index is 1.57. The predicted molar refractivity (Wildman–Crippen MR) is 116 cm³/mol. The molecule has 1 fully saturated rings. The summed E-state index contributed by atoms with van der Waals surface area (Å²) in [6, 6.07) is 11.9. The molecular weight excluding hydrogens is 401 g/mol. The van der Waals surface area contributed by atoms with Crippen LogP contribution >= 0.6 is 0 Å². The van der Waals surface area contributed by atoms with Gasteiger partial charge in [-0.25, -0.2) is 9.37 Å². The van der Waals surface area contributed by atoms with Gasteiger partial charge in [0.15, 0.2) is 0 Å². The Morgan fingerprint density at radius 2 is 1.58 bits per heavy atom. The third-order valence-corrected chi connectivity index (χ3v) is 5.13. The van der Waals surface area contributed by atoms with Crippen LogP contribution in [-0.2, 0) is 0 Å². The van der Waals surface area contributed by atoms with Gasteiger partial charge in [-0.15, -0.1) is 0 Å². The molecule has 1 aromatic heterocycles. The monoisotopic (exact) mass is 423 g/mol. The lowest BCUT2D eigenvalue weighted by atomic mass is 10.1. The third kappa shape index (κ3) is 4.55. The maximum absolute atomic E-state index is 13.2. The number of rotatable bonds is 5. The number of aromatic nitrogens is 2. The number of ether oxygens (including phenoxy) is 1. The number of benzene rings is 2. The van der Waals surface area contributed by atoms with E-state index in [4.69, 9.17) is 4.74 Å². The summed E-state index contributed by atoms with van der Waals surface area (Å²) >= 11 is 0. The third-order valence-electron chi connectivity index (χ3n) is 5.13. The summed E-state index contributed by atoms with van der Waals surface area (Å²) in [6.45, 7) is 6.16. The summed E-state index contributed by atoms with van der Waals surface area (Å²) in [6.07, 6.45) is 1.28. The van der Waals surface area contributed by atoms with Crippen molar-refractivity contribution in [3.63, 3.8) is 0 Å². The van der Waals surface area contributed by atoms with Gasteiger partial charge in [-0.05, 0) is 61.4 Å². The van der Waals surface area contributed by atoms with E-state index in [2.05, 4.69) is 14.9 Å². The van der Waals surface area contributed by atoms with Crippen LogP contribution in [0.4, 0.5) is 21.6 Å². The van der Waals surface area contributed by atoms with Crippen LogP contribution in [0.15, 0.2) is 48.8 Å². The van der Waals surface area contributed by atoms with Crippen molar-refractivity contribution in [2.75, 3.05) is 36.0 Å². The average molecular weight is 423 g/mol. The molecular formula is C22H22FN5O3. The van der Waals surface area contributed by atoms with Crippen LogP contribution in [0, 0.1) is 29.8 Å². The van der Waals surface area contributed by atoms with Crippen LogP contribution in [0.1, 0.15) is 11.1 Å². The van der Waals surface area contributed by atoms with Crippen molar-refractivity contribution in [2.24, 2.45) is 0 Å². The van der Waals surface area contributed by atoms with E-state index >= 15 is 0 Å². The predicted octanol–water partition coefficient (Wildman–Crippen LogP) is 4.26. The van der Waals surface area contributed by atoms with Crippen molar-refractivity contribution in [2.45, 2.75) is 13.8 Å². The van der Waals surface area contributed by atoms with E-state index < -0.39 is 4.92 Å². The molecule has 0 N–H and O–H groups in total. The maximum Gasteiger partial charge on any atom is 0.373 e. The summed E-state index contributed by atoms with van der Waals surface area (Å²) < 4.78 is 19.0. The van der Waals surface area contributed by atoms with Crippen LogP contribution in [0.2, 0.25) is 0 Å². The molecule has 160 valence electrons. The molecule has 0 aliphatic carbocycles. The highest BCUT2D eigenvalue weighted by Gasteiger charge is 2.30. The van der Waals surface area contributed by atoms with Crippen LogP contribution in [0.25, 0.3) is 0 Å². The number of hydrogen-bond donors (Lipinski definition) is 0. The molecule has 9 heteroatoms. The summed E-state index contributed by atoms with van der Waals surface area (Å²) in [5, 5.41) is 11.9. The molecule has 0 bridgehead atoms. The molecule has 1 saturated heterocycles. The van der Waals surface area contributed by atoms with Gasteiger partial charge in [-0.1, -0.05) is 6.07 Å². The highest BCUT2D eigenvalue weighted by molar-refractivity contribution is 5.64. The van der Waals surface area contributed by atoms with Gasteiger partial charge >= 0.3 is 11.6 Å². The Morgan fingerprint density at radius 3 is 2.19 bits per heavy atom. The Labute approximate surface area is 179 Å². The first kappa shape index (κ1) is 20.5. The first-order chi connectivity index (χ1) is 14.9. The molecule has 3 aromatic rings. The maximum atomic E-state index is 13.2. The first-order valence-electron chi connectivity index (χ1n) is 9.92. The number of nitro groups is 1. The summed E-state index contributed by atoms with van der Waals surface area (Å²) in [7, 11) is 0. The topological polar surface area (TPSA) is 84.6 Å². The van der Waals surface area contributed by atoms with Gasteiger partial charge in [-0.2, -0.15) is 4.98 Å². The molecule has 2 aromatic carbocycles. The molecule has 0 unspecified atom stereocenters. The van der Waals surface area contributed by atoms with E-state index in [9.17, 15) is 14.5 Å². The highest BCUT2D eigenvalue weighted by Crippen LogP contribution is 2.37. The molecule has 0 radical (unpaired) electrons. The molecule has 0 saturated carbocycles. The van der Waals surface area contributed by atoms with Crippen LogP contribution in [-0.4, -0.2) is 41.1 Å². The number of halogens is 1. The number of hydrogen-bond acceptors (Lipinski definition) is 7. The van der Waals surface area contributed by atoms with Gasteiger partial charge in [-0.3, -0.25) is 10.1 Å². The number of aryl methyl sites for hydroxylation is 2. The van der Waals surface area contributed by atoms with E-state index in [0.29, 0.717) is 31.9 Å². The van der Waals surface area contributed by atoms with Crippen LogP contribution < -0.4 is 14.5 Å². The lowest BCUT2D eigenvalue weighted by Gasteiger charge is -2.36. The van der Waals surface area contributed by atoms with Crippen LogP contribution in [0.5, 0.6) is 11.6 Å². The first-order valence-corrected chi connectivity index (χ1v) is 9.92. The lowest BCUT2D eigenvalue weighted by Crippen LogP contribution is -2.47. The fourth-order valence-corrected chi connectivity index (χ4v) is 3.75. The second-order valence-corrected chi connectivity index (χ2v) is 7.48. The second-order valence-electron chi connectivity index (χ2n) is 7.48. The number of anilines is 2. The largest absolute Gasteiger partial charge is 0.434 e. The van der Waals surface area contributed by atoms with Gasteiger partial charge in [0.05, 0.1) is 4.92 Å². The average Bonchev–Trinajstić information content (AvgIpc) is 2.73. The van der Waals surface area contributed by atoms with Crippen molar-refractivity contribution in [3.8, 4) is 11.6 Å². The summed E-state index contributed by atoms with van der Waals surface area (Å²) in [5.74, 6) is 0.362.